The van der Waals surface area contributed by atoms with Crippen LogP contribution in [0.25, 0.3) is 0 Å². The lowest BCUT2D eigenvalue weighted by Crippen LogP contribution is -2.15. The number of ether oxygens (including phenoxy) is 3. The van der Waals surface area contributed by atoms with Crippen molar-refractivity contribution in [2.24, 2.45) is 0 Å². The molecule has 0 spiro atoms. The van der Waals surface area contributed by atoms with Crippen molar-refractivity contribution in [2.75, 3.05) is 6.79 Å². The van der Waals surface area contributed by atoms with Crippen LogP contribution in [0.5, 0.6) is 5.75 Å². The highest BCUT2D eigenvalue weighted by molar-refractivity contribution is 5.69. The fourth-order valence-electron chi connectivity index (χ4n) is 1.01. The van der Waals surface area contributed by atoms with Gasteiger partial charge in [-0.2, -0.15) is 0 Å². The van der Waals surface area contributed by atoms with Crippen molar-refractivity contribution in [2.45, 2.75) is 13.3 Å². The Morgan fingerprint density at radius 3 is 2.37 bits per heavy atom. The lowest BCUT2D eigenvalue weighted by atomic mass is 10.3. The SMILES string of the molecule is CCC(=O)OCOC(=O)Oc1ccc([N+](=O)[O-])cc1. The number of nitro groups is 1. The highest BCUT2D eigenvalue weighted by Crippen LogP contribution is 2.17. The molecule has 0 aromatic heterocycles. The van der Waals surface area contributed by atoms with Gasteiger partial charge in [0.15, 0.2) is 0 Å². The largest absolute Gasteiger partial charge is 0.516 e. The summed E-state index contributed by atoms with van der Waals surface area (Å²) in [7, 11) is 0. The van der Waals surface area contributed by atoms with E-state index in [1.165, 1.54) is 24.3 Å². The molecule has 8 nitrogen and oxygen atoms in total. The Morgan fingerprint density at radius 1 is 1.21 bits per heavy atom. The van der Waals surface area contributed by atoms with Gasteiger partial charge in [0, 0.05) is 18.6 Å². The zero-order valence-corrected chi connectivity index (χ0v) is 10.0. The molecule has 0 aliphatic heterocycles. The zero-order valence-electron chi connectivity index (χ0n) is 10.0. The van der Waals surface area contributed by atoms with E-state index in [0.717, 1.165) is 0 Å². The second kappa shape index (κ2) is 6.94. The maximum Gasteiger partial charge on any atom is 0.516 e. The van der Waals surface area contributed by atoms with E-state index in [1.807, 2.05) is 0 Å². The van der Waals surface area contributed by atoms with E-state index in [4.69, 9.17) is 0 Å². The molecule has 0 atom stereocenters. The number of nitrogens with zero attached hydrogens (tertiary/aromatic N) is 1. The van der Waals surface area contributed by atoms with Crippen molar-refractivity contribution in [3.63, 3.8) is 0 Å². The molecule has 0 saturated heterocycles. The zero-order chi connectivity index (χ0) is 14.3. The summed E-state index contributed by atoms with van der Waals surface area (Å²) < 4.78 is 13.6. The van der Waals surface area contributed by atoms with Crippen LogP contribution in [-0.4, -0.2) is 23.8 Å². The molecule has 0 bridgehead atoms. The maximum atomic E-state index is 11.1. The summed E-state index contributed by atoms with van der Waals surface area (Å²) in [5.41, 5.74) is -0.127. The molecule has 1 aromatic rings. The van der Waals surface area contributed by atoms with Gasteiger partial charge in [-0.05, 0) is 12.1 Å². The summed E-state index contributed by atoms with van der Waals surface area (Å²) in [6.07, 6.45) is -0.904. The van der Waals surface area contributed by atoms with Gasteiger partial charge in [0.2, 0.25) is 6.79 Å². The van der Waals surface area contributed by atoms with Gasteiger partial charge in [0.1, 0.15) is 5.75 Å². The van der Waals surface area contributed by atoms with E-state index >= 15 is 0 Å². The highest BCUT2D eigenvalue weighted by atomic mass is 16.8. The van der Waals surface area contributed by atoms with Crippen LogP contribution < -0.4 is 4.74 Å². The smallest absolute Gasteiger partial charge is 0.428 e. The fraction of sp³-hybridized carbons (Fsp3) is 0.273. The van der Waals surface area contributed by atoms with Gasteiger partial charge in [-0.3, -0.25) is 14.9 Å². The Morgan fingerprint density at radius 2 is 1.84 bits per heavy atom. The van der Waals surface area contributed by atoms with Crippen LogP contribution in [0.4, 0.5) is 10.5 Å². The summed E-state index contributed by atoms with van der Waals surface area (Å²) in [6.45, 7) is 1.05. The second-order valence-corrected chi connectivity index (χ2v) is 3.24. The first-order valence-electron chi connectivity index (χ1n) is 5.27. The summed E-state index contributed by atoms with van der Waals surface area (Å²) in [5.74, 6) is -0.430. The monoisotopic (exact) mass is 269 g/mol. The molecule has 0 aliphatic carbocycles. The molecule has 1 aromatic carbocycles. The average molecular weight is 269 g/mol. The predicted octanol–water partition coefficient (Wildman–Crippen LogP) is 2.02. The molecule has 0 saturated carbocycles. The maximum absolute atomic E-state index is 11.1. The lowest BCUT2D eigenvalue weighted by molar-refractivity contribution is -0.384. The number of carbonyl (C=O) groups is 2. The van der Waals surface area contributed by atoms with E-state index in [9.17, 15) is 19.7 Å². The number of esters is 1. The van der Waals surface area contributed by atoms with Gasteiger partial charge in [0.25, 0.3) is 5.69 Å². The molecule has 0 heterocycles. The normalized spacial score (nSPS) is 9.53. The molecule has 0 N–H and O–H groups in total. The third-order valence-corrected chi connectivity index (χ3v) is 1.93. The second-order valence-electron chi connectivity index (χ2n) is 3.24. The summed E-state index contributed by atoms with van der Waals surface area (Å²) in [5, 5.41) is 10.4. The van der Waals surface area contributed by atoms with Crippen LogP contribution in [0.3, 0.4) is 0 Å². The molecule has 0 radical (unpaired) electrons. The van der Waals surface area contributed by atoms with Crippen LogP contribution in [0.2, 0.25) is 0 Å². The fourth-order valence-corrected chi connectivity index (χ4v) is 1.01. The Balaban J connectivity index is 2.40. The van der Waals surface area contributed by atoms with Gasteiger partial charge in [-0.25, -0.2) is 4.79 Å². The molecule has 1 rings (SSSR count). The Hall–Kier alpha value is -2.64. The number of rotatable bonds is 5. The number of hydrogen-bond donors (Lipinski definition) is 0. The quantitative estimate of drug-likeness (QED) is 0.264. The minimum Gasteiger partial charge on any atom is -0.428 e. The van der Waals surface area contributed by atoms with Gasteiger partial charge < -0.3 is 14.2 Å². The molecule has 0 aliphatic rings. The third-order valence-electron chi connectivity index (χ3n) is 1.93. The standard InChI is InChI=1S/C11H11NO7/c1-2-10(13)17-7-18-11(14)19-9-5-3-8(4-6-9)12(15)16/h3-6H,2,7H2,1H3. The molecular weight excluding hydrogens is 258 g/mol. The Bertz CT molecular complexity index is 468. The minimum absolute atomic E-state index is 0.0809. The molecule has 0 amide bonds. The molecule has 19 heavy (non-hydrogen) atoms. The predicted molar refractivity (Wildman–Crippen MR) is 61.5 cm³/mol. The number of benzene rings is 1. The van der Waals surface area contributed by atoms with E-state index in [1.54, 1.807) is 6.92 Å². The lowest BCUT2D eigenvalue weighted by Gasteiger charge is -2.05. The Labute approximate surface area is 108 Å². The van der Waals surface area contributed by atoms with Gasteiger partial charge in [0.05, 0.1) is 4.92 Å². The van der Waals surface area contributed by atoms with Crippen molar-refractivity contribution >= 4 is 17.8 Å². The highest BCUT2D eigenvalue weighted by Gasteiger charge is 2.09. The van der Waals surface area contributed by atoms with Crippen LogP contribution in [0, 0.1) is 10.1 Å². The summed E-state index contributed by atoms with van der Waals surface area (Å²) in [4.78, 5) is 31.7. The van der Waals surface area contributed by atoms with Crippen LogP contribution in [0.15, 0.2) is 24.3 Å². The van der Waals surface area contributed by atoms with Crippen LogP contribution >= 0.6 is 0 Å². The number of carbonyl (C=O) groups excluding carboxylic acids is 2. The van der Waals surface area contributed by atoms with Crippen LogP contribution in [-0.2, 0) is 14.3 Å². The van der Waals surface area contributed by atoms with Crippen molar-refractivity contribution in [3.8, 4) is 5.75 Å². The number of nitro benzene ring substituents is 1. The third kappa shape index (κ3) is 5.02. The van der Waals surface area contributed by atoms with E-state index in [0.29, 0.717) is 0 Å². The van der Waals surface area contributed by atoms with Crippen LogP contribution in [0.1, 0.15) is 13.3 Å². The number of non-ortho nitro benzene ring substituents is 1. The van der Waals surface area contributed by atoms with E-state index in [-0.39, 0.29) is 17.9 Å². The number of hydrogen-bond acceptors (Lipinski definition) is 7. The van der Waals surface area contributed by atoms with Crippen molar-refractivity contribution < 1.29 is 28.7 Å². The van der Waals surface area contributed by atoms with Crippen molar-refractivity contribution in [1.29, 1.82) is 0 Å². The van der Waals surface area contributed by atoms with Crippen molar-refractivity contribution in [3.05, 3.63) is 34.4 Å². The average Bonchev–Trinajstić information content (AvgIpc) is 2.39. The molecule has 8 heteroatoms. The van der Waals surface area contributed by atoms with Gasteiger partial charge in [-0.15, -0.1) is 0 Å². The first-order valence-corrected chi connectivity index (χ1v) is 5.27. The topological polar surface area (TPSA) is 105 Å². The van der Waals surface area contributed by atoms with E-state index in [2.05, 4.69) is 14.2 Å². The van der Waals surface area contributed by atoms with E-state index < -0.39 is 23.8 Å². The molecule has 0 unspecified atom stereocenters. The van der Waals surface area contributed by atoms with Crippen molar-refractivity contribution in [1.82, 2.24) is 0 Å². The minimum atomic E-state index is -1.07. The Kier molecular flexibility index (Phi) is 5.27. The summed E-state index contributed by atoms with van der Waals surface area (Å²) >= 11 is 0. The first-order chi connectivity index (χ1) is 9.02. The van der Waals surface area contributed by atoms with Gasteiger partial charge >= 0.3 is 12.1 Å². The molecule has 0 fully saturated rings. The first kappa shape index (κ1) is 14.4. The molecule has 102 valence electrons. The summed E-state index contributed by atoms with van der Waals surface area (Å²) in [6, 6.07) is 4.86. The van der Waals surface area contributed by atoms with Gasteiger partial charge in [-0.1, -0.05) is 6.92 Å². The molecular formula is C11H11NO7.